The Morgan fingerprint density at radius 1 is 0.426 bits per heavy atom. The number of hydrogen-bond acceptors (Lipinski definition) is 3. The summed E-state index contributed by atoms with van der Waals surface area (Å²) in [7, 11) is -0.521. The molecule has 1 unspecified atom stereocenters. The maximum absolute atomic E-state index is 6.72. The molecule has 12 rings (SSSR count). The molecule has 1 aliphatic heterocycles. The van der Waals surface area contributed by atoms with Crippen LogP contribution in [0.25, 0.3) is 76.2 Å². The highest BCUT2D eigenvalue weighted by atomic mass is 31.1. The van der Waals surface area contributed by atoms with Gasteiger partial charge in [0.15, 0.2) is 0 Å². The molecule has 61 heavy (non-hydrogen) atoms. The lowest BCUT2D eigenvalue weighted by Gasteiger charge is -2.17. The van der Waals surface area contributed by atoms with E-state index in [4.69, 9.17) is 8.39 Å². The van der Waals surface area contributed by atoms with E-state index in [1.54, 1.807) is 0 Å². The predicted molar refractivity (Wildman–Crippen MR) is 263 cm³/mol. The Hall–Kier alpha value is -6.47. The average Bonchev–Trinajstić information content (AvgIpc) is 3.62. The SMILES string of the molecule is c1ccc(CC(Np2oc3ccc4ccccc4c3c3c(ccc4ccccc43)o2)c2ccccc2)cc1.c1ccc2c3c(ccc2c1)CPCc1ccc2ccccc2c1-3. The van der Waals surface area contributed by atoms with Gasteiger partial charge in [-0.25, -0.2) is 5.09 Å². The van der Waals surface area contributed by atoms with E-state index in [0.29, 0.717) is 0 Å². The molecule has 0 saturated carbocycles. The second-order valence-corrected chi connectivity index (χ2v) is 18.1. The van der Waals surface area contributed by atoms with Crippen LogP contribution in [-0.2, 0) is 18.7 Å². The van der Waals surface area contributed by atoms with Gasteiger partial charge in [-0.3, -0.25) is 0 Å². The van der Waals surface area contributed by atoms with E-state index in [9.17, 15) is 0 Å². The summed E-state index contributed by atoms with van der Waals surface area (Å²) >= 11 is 0. The molecule has 11 aromatic rings. The summed E-state index contributed by atoms with van der Waals surface area (Å²) in [6, 6.07) is 73.5. The van der Waals surface area contributed by atoms with E-state index < -0.39 is 8.16 Å². The minimum absolute atomic E-state index is 0.0237. The van der Waals surface area contributed by atoms with Crippen molar-refractivity contribution < 1.29 is 8.39 Å². The lowest BCUT2D eigenvalue weighted by atomic mass is 9.88. The first-order valence-electron chi connectivity index (χ1n) is 21.0. The Bertz CT molecular complexity index is 3230. The van der Waals surface area contributed by atoms with Crippen molar-refractivity contribution in [3.05, 3.63) is 229 Å². The topological polar surface area (TPSA) is 38.3 Å². The van der Waals surface area contributed by atoms with Gasteiger partial charge in [-0.05, 0) is 107 Å². The number of benzene rings is 10. The molecule has 0 amide bonds. The van der Waals surface area contributed by atoms with Gasteiger partial charge in [-0.2, -0.15) is 0 Å². The Morgan fingerprint density at radius 3 is 1.34 bits per heavy atom. The maximum atomic E-state index is 6.72. The molecule has 1 N–H and O–H groups in total. The van der Waals surface area contributed by atoms with Gasteiger partial charge in [0.2, 0.25) is 0 Å². The van der Waals surface area contributed by atoms with Gasteiger partial charge >= 0.3 is 8.16 Å². The molecule has 2 heterocycles. The number of nitrogens with one attached hydrogen (secondary N) is 1. The third kappa shape index (κ3) is 7.30. The van der Waals surface area contributed by atoms with Gasteiger partial charge in [0, 0.05) is 16.8 Å². The third-order valence-electron chi connectivity index (χ3n) is 12.1. The Kier molecular flexibility index (Phi) is 10.2. The van der Waals surface area contributed by atoms with Crippen molar-refractivity contribution in [3.63, 3.8) is 0 Å². The van der Waals surface area contributed by atoms with Crippen LogP contribution in [0.15, 0.2) is 215 Å². The molecule has 0 bridgehead atoms. The molecule has 1 aliphatic rings. The average molecular weight is 824 g/mol. The van der Waals surface area contributed by atoms with Crippen molar-refractivity contribution >= 4 is 81.8 Å². The first-order chi connectivity index (χ1) is 30.2. The minimum atomic E-state index is -1.49. The fourth-order valence-corrected chi connectivity index (χ4v) is 11.7. The van der Waals surface area contributed by atoms with Crippen LogP contribution in [0.3, 0.4) is 0 Å². The Labute approximate surface area is 358 Å². The zero-order valence-electron chi connectivity index (χ0n) is 33.6. The van der Waals surface area contributed by atoms with E-state index in [2.05, 4.69) is 211 Å². The van der Waals surface area contributed by atoms with E-state index in [-0.39, 0.29) is 6.04 Å². The normalized spacial score (nSPS) is 12.8. The summed E-state index contributed by atoms with van der Waals surface area (Å²) in [6.45, 7) is 0. The van der Waals surface area contributed by atoms with Crippen LogP contribution in [0.5, 0.6) is 0 Å². The van der Waals surface area contributed by atoms with E-state index in [1.165, 1.54) is 78.0 Å². The van der Waals surface area contributed by atoms with Gasteiger partial charge < -0.3 is 8.39 Å². The highest BCUT2D eigenvalue weighted by Gasteiger charge is 2.20. The Balaban J connectivity index is 0.000000155. The van der Waals surface area contributed by atoms with E-state index in [0.717, 1.165) is 47.7 Å². The minimum Gasteiger partial charge on any atom is -0.408 e. The predicted octanol–water partition coefficient (Wildman–Crippen LogP) is 16.5. The van der Waals surface area contributed by atoms with Crippen molar-refractivity contribution in [2.45, 2.75) is 24.8 Å². The molecule has 0 fully saturated rings. The van der Waals surface area contributed by atoms with E-state index >= 15 is 0 Å². The van der Waals surface area contributed by atoms with Gasteiger partial charge in [0.05, 0.1) is 0 Å². The summed E-state index contributed by atoms with van der Waals surface area (Å²) in [5.74, 6) is 0. The van der Waals surface area contributed by atoms with Crippen LogP contribution in [0.4, 0.5) is 0 Å². The van der Waals surface area contributed by atoms with Gasteiger partial charge in [0.1, 0.15) is 11.2 Å². The molecule has 3 nitrogen and oxygen atoms in total. The fourth-order valence-electron chi connectivity index (χ4n) is 9.17. The quantitative estimate of drug-likeness (QED) is 0.176. The molecule has 0 aliphatic carbocycles. The second-order valence-electron chi connectivity index (χ2n) is 15.8. The van der Waals surface area contributed by atoms with Crippen molar-refractivity contribution in [1.82, 2.24) is 0 Å². The zero-order valence-corrected chi connectivity index (χ0v) is 35.5. The molecule has 294 valence electrons. The van der Waals surface area contributed by atoms with Crippen molar-refractivity contribution in [2.75, 3.05) is 5.09 Å². The summed E-state index contributed by atoms with van der Waals surface area (Å²) in [5, 5.41) is 16.1. The molecule has 10 aromatic carbocycles. The largest absolute Gasteiger partial charge is 0.408 e. The van der Waals surface area contributed by atoms with Crippen LogP contribution in [-0.4, -0.2) is 0 Å². The van der Waals surface area contributed by atoms with Crippen molar-refractivity contribution in [1.29, 1.82) is 0 Å². The summed E-state index contributed by atoms with van der Waals surface area (Å²) in [5.41, 5.74) is 10.1. The number of hydrogen-bond donors (Lipinski definition) is 1. The molecule has 0 saturated heterocycles. The van der Waals surface area contributed by atoms with Crippen LogP contribution < -0.4 is 5.09 Å². The number of rotatable bonds is 5. The molecule has 5 heteroatoms. The zero-order chi connectivity index (χ0) is 40.5. The van der Waals surface area contributed by atoms with Crippen LogP contribution in [0.1, 0.15) is 28.3 Å². The summed E-state index contributed by atoms with van der Waals surface area (Å²) in [6.07, 6.45) is 3.22. The van der Waals surface area contributed by atoms with Gasteiger partial charge in [-0.15, -0.1) is 8.58 Å². The highest BCUT2D eigenvalue weighted by molar-refractivity contribution is 7.38. The molecule has 1 aromatic heterocycles. The molecule has 1 atom stereocenters. The highest BCUT2D eigenvalue weighted by Crippen LogP contribution is 2.46. The lowest BCUT2D eigenvalue weighted by Crippen LogP contribution is -2.11. The number of fused-ring (bicyclic) bond motifs is 14. The van der Waals surface area contributed by atoms with E-state index in [1.807, 2.05) is 0 Å². The Morgan fingerprint density at radius 2 is 0.836 bits per heavy atom. The molecular weight excluding hydrogens is 781 g/mol. The van der Waals surface area contributed by atoms with Crippen LogP contribution in [0.2, 0.25) is 0 Å². The standard InChI is InChI=1S/C34H26NO2P.C22H17P/c1-3-11-24(12-4-1)23-30(27-15-5-2-6-16-27)35-38-36-31-21-19-25-13-7-9-17-28(25)33(31)34-29-18-10-8-14-26(29)20-22-32(34)37-38;1-3-7-19-15(5-1)9-11-17-13-23-14-18-12-10-16-6-2-4-8-20(16)22(18)21(17)19/h1-22,30,35H,23H2;1-12,23H,13-14H2. The fraction of sp³-hybridized carbons (Fsp3) is 0.0714. The summed E-state index contributed by atoms with van der Waals surface area (Å²) in [4.78, 5) is 0. The maximum Gasteiger partial charge on any atom is 0.307 e. The lowest BCUT2D eigenvalue weighted by molar-refractivity contribution is 0.632. The molecule has 0 spiro atoms. The van der Waals surface area contributed by atoms with Crippen LogP contribution >= 0.6 is 16.7 Å². The van der Waals surface area contributed by atoms with Crippen molar-refractivity contribution in [3.8, 4) is 11.1 Å². The first-order valence-corrected chi connectivity index (χ1v) is 23.6. The monoisotopic (exact) mass is 823 g/mol. The van der Waals surface area contributed by atoms with Crippen LogP contribution in [0, 0.1) is 0 Å². The molecule has 0 radical (unpaired) electrons. The van der Waals surface area contributed by atoms with Gasteiger partial charge in [-0.1, -0.05) is 194 Å². The summed E-state index contributed by atoms with van der Waals surface area (Å²) < 4.78 is 13.4. The smallest absolute Gasteiger partial charge is 0.307 e. The van der Waals surface area contributed by atoms with Crippen molar-refractivity contribution in [2.24, 2.45) is 0 Å². The third-order valence-corrected chi connectivity index (χ3v) is 14.6. The molecular formula is C56H43NO2P2. The second kappa shape index (κ2) is 16.5. The first kappa shape index (κ1) is 37.5. The van der Waals surface area contributed by atoms with Gasteiger partial charge in [0.25, 0.3) is 0 Å².